The van der Waals surface area contributed by atoms with Crippen LogP contribution in [-0.4, -0.2) is 31.5 Å². The zero-order chi connectivity index (χ0) is 12.3. The molecule has 1 aliphatic rings. The molecular formula is C12H21N3OS. The Morgan fingerprint density at radius 2 is 2.29 bits per heavy atom. The summed E-state index contributed by atoms with van der Waals surface area (Å²) in [6, 6.07) is 0.833. The maximum atomic E-state index is 11.3. The quantitative estimate of drug-likeness (QED) is 0.886. The topological polar surface area (TPSA) is 46.9 Å². The van der Waals surface area contributed by atoms with Crippen LogP contribution in [0, 0.1) is 0 Å². The second-order valence-electron chi connectivity index (χ2n) is 4.64. The van der Waals surface area contributed by atoms with E-state index in [1.165, 1.54) is 5.56 Å². The van der Waals surface area contributed by atoms with E-state index < -0.39 is 10.8 Å². The Labute approximate surface area is 105 Å². The van der Waals surface area contributed by atoms with Crippen LogP contribution >= 0.6 is 0 Å². The molecule has 1 N–H and O–H groups in total. The smallest absolute Gasteiger partial charge is 0.0537 e. The molecule has 1 aromatic rings. The number of nitrogens with zero attached hydrogens (tertiary/aromatic N) is 2. The monoisotopic (exact) mass is 255 g/mol. The van der Waals surface area contributed by atoms with Gasteiger partial charge in [0, 0.05) is 52.7 Å². The Bertz CT molecular complexity index is 381. The van der Waals surface area contributed by atoms with Gasteiger partial charge < -0.3 is 5.32 Å². The van der Waals surface area contributed by atoms with E-state index in [0.29, 0.717) is 12.1 Å². The molecule has 4 nitrogen and oxygen atoms in total. The van der Waals surface area contributed by atoms with Gasteiger partial charge in [-0.15, -0.1) is 0 Å². The van der Waals surface area contributed by atoms with Crippen molar-refractivity contribution in [3.05, 3.63) is 18.0 Å². The van der Waals surface area contributed by atoms with Crippen LogP contribution in [0.25, 0.3) is 0 Å². The average Bonchev–Trinajstić information content (AvgIpc) is 2.81. The number of rotatable bonds is 4. The Kier molecular flexibility index (Phi) is 4.34. The molecule has 0 amide bonds. The van der Waals surface area contributed by atoms with Crippen LogP contribution < -0.4 is 5.32 Å². The summed E-state index contributed by atoms with van der Waals surface area (Å²) in [5, 5.41) is 7.89. The largest absolute Gasteiger partial charge is 0.307 e. The van der Waals surface area contributed by atoms with Gasteiger partial charge in [0.2, 0.25) is 0 Å². The van der Waals surface area contributed by atoms with E-state index >= 15 is 0 Å². The summed E-state index contributed by atoms with van der Waals surface area (Å²) in [6.45, 7) is 5.17. The zero-order valence-corrected chi connectivity index (χ0v) is 11.4. The van der Waals surface area contributed by atoms with Crippen LogP contribution in [0.3, 0.4) is 0 Å². The van der Waals surface area contributed by atoms with Crippen molar-refractivity contribution in [1.29, 1.82) is 0 Å². The first-order valence-electron chi connectivity index (χ1n) is 6.32. The highest BCUT2D eigenvalue weighted by Gasteiger charge is 2.20. The van der Waals surface area contributed by atoms with Crippen molar-refractivity contribution in [3.63, 3.8) is 0 Å². The summed E-state index contributed by atoms with van der Waals surface area (Å²) >= 11 is 0. The molecule has 17 heavy (non-hydrogen) atoms. The van der Waals surface area contributed by atoms with Gasteiger partial charge in [-0.25, -0.2) is 0 Å². The Morgan fingerprint density at radius 1 is 1.59 bits per heavy atom. The van der Waals surface area contributed by atoms with Gasteiger partial charge in [0.15, 0.2) is 0 Å². The molecule has 2 rings (SSSR count). The Balaban J connectivity index is 1.88. The van der Waals surface area contributed by atoms with Gasteiger partial charge in [0.25, 0.3) is 0 Å². The van der Waals surface area contributed by atoms with Crippen molar-refractivity contribution in [3.8, 4) is 0 Å². The number of aryl methyl sites for hydroxylation is 1. The minimum Gasteiger partial charge on any atom is -0.307 e. The van der Waals surface area contributed by atoms with Crippen LogP contribution in [0.4, 0.5) is 0 Å². The van der Waals surface area contributed by atoms with Crippen LogP contribution in [0.15, 0.2) is 12.4 Å². The Hall–Kier alpha value is -0.680. The third kappa shape index (κ3) is 3.39. The molecule has 0 aromatic carbocycles. The van der Waals surface area contributed by atoms with E-state index in [1.54, 1.807) is 0 Å². The van der Waals surface area contributed by atoms with Crippen molar-refractivity contribution in [2.45, 2.75) is 45.3 Å². The third-order valence-electron chi connectivity index (χ3n) is 3.35. The lowest BCUT2D eigenvalue weighted by Crippen LogP contribution is -2.37. The average molecular weight is 255 g/mol. The second-order valence-corrected chi connectivity index (χ2v) is 6.34. The highest BCUT2D eigenvalue weighted by molar-refractivity contribution is 7.85. The summed E-state index contributed by atoms with van der Waals surface area (Å²) in [7, 11) is -0.574. The molecule has 0 spiro atoms. The highest BCUT2D eigenvalue weighted by atomic mass is 32.2. The van der Waals surface area contributed by atoms with Gasteiger partial charge in [-0.3, -0.25) is 8.89 Å². The molecule has 0 aliphatic carbocycles. The molecule has 1 atom stereocenters. The lowest BCUT2D eigenvalue weighted by atomic mass is 10.1. The molecule has 0 radical (unpaired) electrons. The lowest BCUT2D eigenvalue weighted by molar-refractivity contribution is 0.427. The molecule has 5 heteroatoms. The molecule has 1 unspecified atom stereocenters. The summed E-state index contributed by atoms with van der Waals surface area (Å²) in [5.41, 5.74) is 1.23. The van der Waals surface area contributed by atoms with Gasteiger partial charge in [0.05, 0.1) is 6.20 Å². The molecule has 2 heterocycles. The van der Waals surface area contributed by atoms with Crippen molar-refractivity contribution >= 4 is 10.8 Å². The molecule has 1 fully saturated rings. The van der Waals surface area contributed by atoms with E-state index in [2.05, 4.69) is 30.5 Å². The predicted octanol–water partition coefficient (Wildman–Crippen LogP) is 1.46. The van der Waals surface area contributed by atoms with Crippen LogP contribution in [0.5, 0.6) is 0 Å². The first kappa shape index (κ1) is 12.8. The number of nitrogens with one attached hydrogen (secondary N) is 1. The molecule has 1 aromatic heterocycles. The maximum absolute atomic E-state index is 11.3. The molecule has 1 saturated heterocycles. The minimum atomic E-state index is -0.574. The van der Waals surface area contributed by atoms with Crippen LogP contribution in [0.2, 0.25) is 0 Å². The summed E-state index contributed by atoms with van der Waals surface area (Å²) in [5.74, 6) is 1.69. The fraction of sp³-hybridized carbons (Fsp3) is 0.750. The molecule has 1 aliphatic heterocycles. The summed E-state index contributed by atoms with van der Waals surface area (Å²) < 4.78 is 13.2. The van der Waals surface area contributed by atoms with Crippen LogP contribution in [-0.2, 0) is 17.3 Å². The Morgan fingerprint density at radius 3 is 2.88 bits per heavy atom. The van der Waals surface area contributed by atoms with E-state index in [-0.39, 0.29) is 0 Å². The normalized spacial score (nSPS) is 26.9. The first-order valence-corrected chi connectivity index (χ1v) is 7.81. The molecule has 0 saturated carbocycles. The SMILES string of the molecule is CCn1cc(C(C)NC2CCS(=O)CC2)cn1. The minimum absolute atomic E-state index is 0.326. The van der Waals surface area contributed by atoms with Crippen molar-refractivity contribution < 1.29 is 4.21 Å². The fourth-order valence-corrected chi connectivity index (χ4v) is 3.49. The van der Waals surface area contributed by atoms with Gasteiger partial charge in [-0.05, 0) is 26.7 Å². The highest BCUT2D eigenvalue weighted by Crippen LogP contribution is 2.16. The predicted molar refractivity (Wildman–Crippen MR) is 70.4 cm³/mol. The number of aromatic nitrogens is 2. The summed E-state index contributed by atoms with van der Waals surface area (Å²) in [4.78, 5) is 0. The first-order chi connectivity index (χ1) is 8.19. The van der Waals surface area contributed by atoms with Gasteiger partial charge in [0.1, 0.15) is 0 Å². The second kappa shape index (κ2) is 5.78. The molecule has 0 bridgehead atoms. The fourth-order valence-electron chi connectivity index (χ4n) is 2.19. The van der Waals surface area contributed by atoms with E-state index in [0.717, 1.165) is 30.9 Å². The zero-order valence-electron chi connectivity index (χ0n) is 10.6. The summed E-state index contributed by atoms with van der Waals surface area (Å²) in [6.07, 6.45) is 6.08. The standard InChI is InChI=1S/C12H21N3OS/c1-3-15-9-11(8-13-15)10(2)14-12-4-6-17(16)7-5-12/h8-10,12,14H,3-7H2,1-2H3. The lowest BCUT2D eigenvalue weighted by Gasteiger charge is -2.25. The molecule has 96 valence electrons. The van der Waals surface area contributed by atoms with E-state index in [9.17, 15) is 4.21 Å². The molecular weight excluding hydrogens is 234 g/mol. The maximum Gasteiger partial charge on any atom is 0.0537 e. The number of hydrogen-bond acceptors (Lipinski definition) is 3. The van der Waals surface area contributed by atoms with Crippen molar-refractivity contribution in [2.24, 2.45) is 0 Å². The van der Waals surface area contributed by atoms with Crippen molar-refractivity contribution in [1.82, 2.24) is 15.1 Å². The van der Waals surface area contributed by atoms with Gasteiger partial charge in [-0.2, -0.15) is 5.10 Å². The van der Waals surface area contributed by atoms with Crippen molar-refractivity contribution in [2.75, 3.05) is 11.5 Å². The number of hydrogen-bond donors (Lipinski definition) is 1. The van der Waals surface area contributed by atoms with E-state index in [4.69, 9.17) is 0 Å². The van der Waals surface area contributed by atoms with Gasteiger partial charge >= 0.3 is 0 Å². The van der Waals surface area contributed by atoms with Crippen LogP contribution in [0.1, 0.15) is 38.3 Å². The third-order valence-corrected chi connectivity index (χ3v) is 4.73. The van der Waals surface area contributed by atoms with Gasteiger partial charge in [-0.1, -0.05) is 0 Å². The van der Waals surface area contributed by atoms with E-state index in [1.807, 2.05) is 10.9 Å².